The summed E-state index contributed by atoms with van der Waals surface area (Å²) >= 11 is 0. The van der Waals surface area contributed by atoms with Crippen LogP contribution in [0.2, 0.25) is 0 Å². The van der Waals surface area contributed by atoms with Crippen LogP contribution in [-0.4, -0.2) is 23.8 Å². The maximum absolute atomic E-state index is 13.1. The topological polar surface area (TPSA) is 61.4 Å². The van der Waals surface area contributed by atoms with Gasteiger partial charge in [0.05, 0.1) is 6.10 Å². The van der Waals surface area contributed by atoms with E-state index >= 15 is 0 Å². The summed E-state index contributed by atoms with van der Waals surface area (Å²) in [4.78, 5) is 11.9. The van der Waals surface area contributed by atoms with Gasteiger partial charge in [-0.15, -0.1) is 0 Å². The quantitative estimate of drug-likeness (QED) is 0.730. The third kappa shape index (κ3) is 6.01. The van der Waals surface area contributed by atoms with Crippen molar-refractivity contribution in [1.29, 1.82) is 0 Å². The highest BCUT2D eigenvalue weighted by Crippen LogP contribution is 2.20. The number of carbonyl (C=O) groups excluding carboxylic acids is 1. The second-order valence-corrected chi connectivity index (χ2v) is 5.89. The first-order chi connectivity index (χ1) is 11.5. The summed E-state index contributed by atoms with van der Waals surface area (Å²) in [6, 6.07) is 15.6. The van der Waals surface area contributed by atoms with E-state index in [1.165, 1.54) is 12.1 Å². The lowest BCUT2D eigenvalue weighted by Crippen LogP contribution is -2.37. The Kier molecular flexibility index (Phi) is 6.75. The number of hydrogen-bond acceptors (Lipinski definition) is 2. The fraction of sp³-hybridized carbons (Fsp3) is 0.316. The normalized spacial score (nSPS) is 13.1. The Morgan fingerprint density at radius 2 is 1.88 bits per heavy atom. The molecular formula is C19H23FN2O2. The minimum absolute atomic E-state index is 0.0334. The maximum Gasteiger partial charge on any atom is 0.315 e. The molecule has 3 N–H and O–H groups in total. The highest BCUT2D eigenvalue weighted by Gasteiger charge is 2.15. The van der Waals surface area contributed by atoms with E-state index in [1.54, 1.807) is 19.1 Å². The number of halogens is 1. The lowest BCUT2D eigenvalue weighted by molar-refractivity contribution is 0.173. The highest BCUT2D eigenvalue weighted by atomic mass is 19.1. The molecule has 0 aliphatic rings. The molecule has 2 rings (SSSR count). The minimum atomic E-state index is -0.452. The van der Waals surface area contributed by atoms with Gasteiger partial charge in [-0.05, 0) is 36.6 Å². The fourth-order valence-corrected chi connectivity index (χ4v) is 2.58. The molecule has 0 bridgehead atoms. The molecule has 2 unspecified atom stereocenters. The van der Waals surface area contributed by atoms with E-state index in [-0.39, 0.29) is 24.3 Å². The van der Waals surface area contributed by atoms with E-state index < -0.39 is 6.10 Å². The predicted octanol–water partition coefficient (Wildman–Crippen LogP) is 3.18. The molecule has 0 fully saturated rings. The molecule has 0 aromatic heterocycles. The average Bonchev–Trinajstić information content (AvgIpc) is 2.57. The zero-order valence-electron chi connectivity index (χ0n) is 13.7. The molecule has 0 aliphatic carbocycles. The van der Waals surface area contributed by atoms with Crippen LogP contribution >= 0.6 is 0 Å². The van der Waals surface area contributed by atoms with Crippen LogP contribution in [0.15, 0.2) is 54.6 Å². The van der Waals surface area contributed by atoms with Gasteiger partial charge in [0.1, 0.15) is 5.82 Å². The van der Waals surface area contributed by atoms with Crippen LogP contribution in [0.1, 0.15) is 30.4 Å². The van der Waals surface area contributed by atoms with Crippen LogP contribution < -0.4 is 10.6 Å². The SMILES string of the molecule is CC(O)CC(CNC(=O)NCc1cccc(F)c1)c1ccccc1. The van der Waals surface area contributed by atoms with Crippen LogP contribution in [0.5, 0.6) is 0 Å². The summed E-state index contributed by atoms with van der Waals surface area (Å²) in [5, 5.41) is 15.2. The molecule has 0 saturated carbocycles. The van der Waals surface area contributed by atoms with Gasteiger partial charge in [-0.1, -0.05) is 42.5 Å². The first-order valence-electron chi connectivity index (χ1n) is 8.03. The standard InChI is InChI=1S/C19H23FN2O2/c1-14(23)10-17(16-7-3-2-4-8-16)13-22-19(24)21-12-15-6-5-9-18(20)11-15/h2-9,11,14,17,23H,10,12-13H2,1H3,(H2,21,22,24). The summed E-state index contributed by atoms with van der Waals surface area (Å²) in [5.74, 6) is -0.290. The summed E-state index contributed by atoms with van der Waals surface area (Å²) in [6.45, 7) is 2.42. The Balaban J connectivity index is 1.85. The Labute approximate surface area is 141 Å². The zero-order chi connectivity index (χ0) is 17.4. The average molecular weight is 330 g/mol. The molecular weight excluding hydrogens is 307 g/mol. The number of aliphatic hydroxyl groups excluding tert-OH is 1. The van der Waals surface area contributed by atoms with Gasteiger partial charge in [0, 0.05) is 19.0 Å². The van der Waals surface area contributed by atoms with E-state index in [0.717, 1.165) is 5.56 Å². The molecule has 128 valence electrons. The number of aliphatic hydroxyl groups is 1. The fourth-order valence-electron chi connectivity index (χ4n) is 2.58. The Morgan fingerprint density at radius 1 is 1.12 bits per heavy atom. The summed E-state index contributed by atoms with van der Waals surface area (Å²) in [7, 11) is 0. The maximum atomic E-state index is 13.1. The summed E-state index contributed by atoms with van der Waals surface area (Å²) < 4.78 is 13.1. The van der Waals surface area contributed by atoms with Crippen molar-refractivity contribution in [1.82, 2.24) is 10.6 Å². The number of carbonyl (C=O) groups is 1. The van der Waals surface area contributed by atoms with E-state index in [9.17, 15) is 14.3 Å². The van der Waals surface area contributed by atoms with Crippen LogP contribution in [0, 0.1) is 5.82 Å². The predicted molar refractivity (Wildman–Crippen MR) is 92.1 cm³/mol. The molecule has 0 heterocycles. The first-order valence-corrected chi connectivity index (χ1v) is 8.03. The molecule has 5 heteroatoms. The second-order valence-electron chi connectivity index (χ2n) is 5.89. The summed E-state index contributed by atoms with van der Waals surface area (Å²) in [6.07, 6.45) is 0.112. The minimum Gasteiger partial charge on any atom is -0.393 e. The van der Waals surface area contributed by atoms with E-state index in [4.69, 9.17) is 0 Å². The van der Waals surface area contributed by atoms with Gasteiger partial charge >= 0.3 is 6.03 Å². The summed E-state index contributed by atoms with van der Waals surface area (Å²) in [5.41, 5.74) is 1.78. The number of rotatable bonds is 7. The van der Waals surface area contributed by atoms with Crippen molar-refractivity contribution in [3.63, 3.8) is 0 Å². The molecule has 2 aromatic carbocycles. The van der Waals surface area contributed by atoms with Crippen molar-refractivity contribution in [2.75, 3.05) is 6.54 Å². The third-order valence-corrected chi connectivity index (χ3v) is 3.75. The van der Waals surface area contributed by atoms with E-state index in [2.05, 4.69) is 10.6 Å². The van der Waals surface area contributed by atoms with Crippen LogP contribution in [-0.2, 0) is 6.54 Å². The third-order valence-electron chi connectivity index (χ3n) is 3.75. The second kappa shape index (κ2) is 9.03. The van der Waals surface area contributed by atoms with Gasteiger partial charge in [0.25, 0.3) is 0 Å². The van der Waals surface area contributed by atoms with Crippen molar-refractivity contribution in [3.8, 4) is 0 Å². The van der Waals surface area contributed by atoms with Crippen molar-refractivity contribution in [3.05, 3.63) is 71.5 Å². The van der Waals surface area contributed by atoms with Crippen molar-refractivity contribution < 1.29 is 14.3 Å². The molecule has 0 spiro atoms. The highest BCUT2D eigenvalue weighted by molar-refractivity contribution is 5.73. The van der Waals surface area contributed by atoms with Crippen molar-refractivity contribution in [2.45, 2.75) is 31.9 Å². The van der Waals surface area contributed by atoms with Gasteiger partial charge < -0.3 is 15.7 Å². The molecule has 4 nitrogen and oxygen atoms in total. The van der Waals surface area contributed by atoms with Gasteiger partial charge in [0.2, 0.25) is 0 Å². The van der Waals surface area contributed by atoms with E-state index in [1.807, 2.05) is 30.3 Å². The van der Waals surface area contributed by atoms with Crippen LogP contribution in [0.4, 0.5) is 9.18 Å². The molecule has 0 aliphatic heterocycles. The number of urea groups is 1. The van der Waals surface area contributed by atoms with Crippen molar-refractivity contribution in [2.24, 2.45) is 0 Å². The van der Waals surface area contributed by atoms with Gasteiger partial charge in [-0.3, -0.25) is 0 Å². The Bertz CT molecular complexity index is 647. The monoisotopic (exact) mass is 330 g/mol. The Hall–Kier alpha value is -2.40. The Morgan fingerprint density at radius 3 is 2.54 bits per heavy atom. The van der Waals surface area contributed by atoms with Gasteiger partial charge in [0.15, 0.2) is 0 Å². The lowest BCUT2D eigenvalue weighted by Gasteiger charge is -2.20. The smallest absolute Gasteiger partial charge is 0.315 e. The van der Waals surface area contributed by atoms with Crippen molar-refractivity contribution >= 4 is 6.03 Å². The van der Waals surface area contributed by atoms with Gasteiger partial charge in [-0.25, -0.2) is 9.18 Å². The lowest BCUT2D eigenvalue weighted by atomic mass is 9.93. The molecule has 2 amide bonds. The van der Waals surface area contributed by atoms with Crippen LogP contribution in [0.25, 0.3) is 0 Å². The molecule has 2 aromatic rings. The molecule has 0 saturated heterocycles. The molecule has 2 atom stereocenters. The largest absolute Gasteiger partial charge is 0.393 e. The zero-order valence-corrected chi connectivity index (χ0v) is 13.7. The van der Waals surface area contributed by atoms with Crippen LogP contribution in [0.3, 0.4) is 0 Å². The number of nitrogens with one attached hydrogen (secondary N) is 2. The molecule has 24 heavy (non-hydrogen) atoms. The number of amides is 2. The molecule has 0 radical (unpaired) electrons. The number of hydrogen-bond donors (Lipinski definition) is 3. The van der Waals surface area contributed by atoms with E-state index in [0.29, 0.717) is 18.5 Å². The number of benzene rings is 2. The van der Waals surface area contributed by atoms with Gasteiger partial charge in [-0.2, -0.15) is 0 Å². The first kappa shape index (κ1) is 17.9.